The zero-order valence-corrected chi connectivity index (χ0v) is 12.1. The molecule has 0 radical (unpaired) electrons. The smallest absolute Gasteiger partial charge is 0.208 e. The standard InChI is InChI=1S/C11H13N5OS2/c1-16(2)10-13-14-11(19-10)18-8-5-3-7(4-6-8)9(12)15-17/h3-6,17H,1-2H3,(H2,12,15). The molecular formula is C11H13N5OS2. The Bertz CT molecular complexity index is 579. The summed E-state index contributed by atoms with van der Waals surface area (Å²) in [5.74, 6) is 0.0994. The first-order chi connectivity index (χ1) is 9.10. The third kappa shape index (κ3) is 3.36. The summed E-state index contributed by atoms with van der Waals surface area (Å²) < 4.78 is 0.875. The molecule has 100 valence electrons. The summed E-state index contributed by atoms with van der Waals surface area (Å²) in [6.07, 6.45) is 0. The zero-order chi connectivity index (χ0) is 13.8. The fourth-order valence-corrected chi connectivity index (χ4v) is 3.01. The Morgan fingerprint density at radius 2 is 2.00 bits per heavy atom. The van der Waals surface area contributed by atoms with Gasteiger partial charge in [-0.3, -0.25) is 0 Å². The molecule has 8 heteroatoms. The summed E-state index contributed by atoms with van der Waals surface area (Å²) in [5, 5.41) is 20.6. The van der Waals surface area contributed by atoms with Crippen molar-refractivity contribution in [1.29, 1.82) is 0 Å². The Balaban J connectivity index is 2.10. The van der Waals surface area contributed by atoms with E-state index in [0.717, 1.165) is 14.4 Å². The molecule has 6 nitrogen and oxygen atoms in total. The van der Waals surface area contributed by atoms with Gasteiger partial charge in [-0.25, -0.2) is 0 Å². The van der Waals surface area contributed by atoms with E-state index in [1.807, 2.05) is 31.1 Å². The van der Waals surface area contributed by atoms with Gasteiger partial charge >= 0.3 is 0 Å². The molecule has 0 atom stereocenters. The van der Waals surface area contributed by atoms with Crippen LogP contribution in [0.5, 0.6) is 0 Å². The molecule has 1 aromatic heterocycles. The normalized spacial score (nSPS) is 11.6. The second kappa shape index (κ2) is 5.89. The lowest BCUT2D eigenvalue weighted by Crippen LogP contribution is -2.12. The maximum atomic E-state index is 8.58. The van der Waals surface area contributed by atoms with Crippen LogP contribution in [0, 0.1) is 0 Å². The first kappa shape index (κ1) is 13.6. The Kier molecular flexibility index (Phi) is 4.23. The fraction of sp³-hybridized carbons (Fsp3) is 0.182. The highest BCUT2D eigenvalue weighted by Crippen LogP contribution is 2.32. The van der Waals surface area contributed by atoms with Crippen LogP contribution in [0.1, 0.15) is 5.56 Å². The number of oxime groups is 1. The van der Waals surface area contributed by atoms with Crippen molar-refractivity contribution < 1.29 is 5.21 Å². The third-order valence-electron chi connectivity index (χ3n) is 2.24. The molecule has 1 aromatic carbocycles. The van der Waals surface area contributed by atoms with E-state index in [0.29, 0.717) is 5.56 Å². The van der Waals surface area contributed by atoms with Crippen LogP contribution in [0.2, 0.25) is 0 Å². The number of nitrogens with two attached hydrogens (primary N) is 1. The number of hydrogen-bond donors (Lipinski definition) is 2. The molecule has 0 aliphatic carbocycles. The largest absolute Gasteiger partial charge is 0.409 e. The molecule has 0 amide bonds. The van der Waals surface area contributed by atoms with E-state index in [2.05, 4.69) is 15.4 Å². The molecular weight excluding hydrogens is 282 g/mol. The van der Waals surface area contributed by atoms with E-state index in [4.69, 9.17) is 10.9 Å². The van der Waals surface area contributed by atoms with Crippen molar-refractivity contribution in [3.05, 3.63) is 29.8 Å². The summed E-state index contributed by atoms with van der Waals surface area (Å²) >= 11 is 3.06. The highest BCUT2D eigenvalue weighted by molar-refractivity contribution is 8.01. The number of benzene rings is 1. The van der Waals surface area contributed by atoms with E-state index in [1.165, 1.54) is 23.1 Å². The highest BCUT2D eigenvalue weighted by Gasteiger charge is 2.07. The molecule has 3 N–H and O–H groups in total. The molecule has 19 heavy (non-hydrogen) atoms. The summed E-state index contributed by atoms with van der Waals surface area (Å²) in [5.41, 5.74) is 6.18. The lowest BCUT2D eigenvalue weighted by atomic mass is 10.2. The van der Waals surface area contributed by atoms with Crippen LogP contribution in [-0.2, 0) is 0 Å². The van der Waals surface area contributed by atoms with Crippen molar-refractivity contribution in [2.45, 2.75) is 9.24 Å². The van der Waals surface area contributed by atoms with Gasteiger partial charge in [0.2, 0.25) is 5.13 Å². The molecule has 0 fully saturated rings. The predicted octanol–water partition coefficient (Wildman–Crippen LogP) is 1.85. The van der Waals surface area contributed by atoms with E-state index in [1.54, 1.807) is 12.1 Å². The number of amidine groups is 1. The highest BCUT2D eigenvalue weighted by atomic mass is 32.2. The molecule has 0 aliphatic rings. The maximum absolute atomic E-state index is 8.58. The Morgan fingerprint density at radius 3 is 2.53 bits per heavy atom. The minimum absolute atomic E-state index is 0.0994. The first-order valence-corrected chi connectivity index (χ1v) is 7.00. The molecule has 0 unspecified atom stereocenters. The molecule has 1 heterocycles. The molecule has 2 rings (SSSR count). The average molecular weight is 295 g/mol. The molecule has 0 saturated heterocycles. The Morgan fingerprint density at radius 1 is 1.32 bits per heavy atom. The average Bonchev–Trinajstić information content (AvgIpc) is 2.87. The van der Waals surface area contributed by atoms with Gasteiger partial charge in [0.25, 0.3) is 0 Å². The number of nitrogens with zero attached hydrogens (tertiary/aromatic N) is 4. The number of rotatable bonds is 4. The van der Waals surface area contributed by atoms with Crippen molar-refractivity contribution >= 4 is 34.1 Å². The van der Waals surface area contributed by atoms with Gasteiger partial charge in [-0.05, 0) is 12.1 Å². The van der Waals surface area contributed by atoms with Gasteiger partial charge in [0.15, 0.2) is 10.2 Å². The van der Waals surface area contributed by atoms with E-state index in [9.17, 15) is 0 Å². The number of anilines is 1. The van der Waals surface area contributed by atoms with E-state index < -0.39 is 0 Å². The summed E-state index contributed by atoms with van der Waals surface area (Å²) in [4.78, 5) is 2.94. The van der Waals surface area contributed by atoms with Gasteiger partial charge < -0.3 is 15.8 Å². The SMILES string of the molecule is CN(C)c1nnc(Sc2ccc(C(N)=NO)cc2)s1. The van der Waals surface area contributed by atoms with Crippen molar-refractivity contribution in [3.63, 3.8) is 0 Å². The van der Waals surface area contributed by atoms with Gasteiger partial charge in [-0.1, -0.05) is 40.4 Å². The van der Waals surface area contributed by atoms with Gasteiger partial charge in [-0.2, -0.15) is 0 Å². The van der Waals surface area contributed by atoms with Crippen molar-refractivity contribution in [1.82, 2.24) is 10.2 Å². The van der Waals surface area contributed by atoms with Crippen LogP contribution in [-0.4, -0.2) is 35.3 Å². The second-order valence-corrected chi connectivity index (χ2v) is 6.13. The minimum atomic E-state index is 0.0994. The van der Waals surface area contributed by atoms with E-state index >= 15 is 0 Å². The topological polar surface area (TPSA) is 87.6 Å². The van der Waals surface area contributed by atoms with Gasteiger partial charge in [-0.15, -0.1) is 10.2 Å². The van der Waals surface area contributed by atoms with Gasteiger partial charge in [0.05, 0.1) is 0 Å². The predicted molar refractivity (Wildman–Crippen MR) is 77.3 cm³/mol. The monoisotopic (exact) mass is 295 g/mol. The van der Waals surface area contributed by atoms with Crippen molar-refractivity contribution in [3.8, 4) is 0 Å². The second-order valence-electron chi connectivity index (χ2n) is 3.86. The van der Waals surface area contributed by atoms with Crippen LogP contribution in [0.25, 0.3) is 0 Å². The van der Waals surface area contributed by atoms with Crippen LogP contribution < -0.4 is 10.6 Å². The van der Waals surface area contributed by atoms with Crippen LogP contribution >= 0.6 is 23.1 Å². The number of aromatic nitrogens is 2. The van der Waals surface area contributed by atoms with Crippen LogP contribution in [0.4, 0.5) is 5.13 Å². The minimum Gasteiger partial charge on any atom is -0.409 e. The summed E-state index contributed by atoms with van der Waals surface area (Å²) in [6, 6.07) is 7.39. The molecule has 0 aliphatic heterocycles. The quantitative estimate of drug-likeness (QED) is 0.387. The summed E-state index contributed by atoms with van der Waals surface area (Å²) in [7, 11) is 3.86. The zero-order valence-electron chi connectivity index (χ0n) is 10.4. The molecule has 0 saturated carbocycles. The maximum Gasteiger partial charge on any atom is 0.208 e. The first-order valence-electron chi connectivity index (χ1n) is 5.37. The summed E-state index contributed by atoms with van der Waals surface area (Å²) in [6.45, 7) is 0. The molecule has 0 bridgehead atoms. The molecule has 2 aromatic rings. The molecule has 0 spiro atoms. The number of hydrogen-bond acceptors (Lipinski definition) is 7. The Labute approximate surface area is 118 Å². The lowest BCUT2D eigenvalue weighted by Gasteiger charge is -2.03. The lowest BCUT2D eigenvalue weighted by molar-refractivity contribution is 0.318. The van der Waals surface area contributed by atoms with Crippen molar-refractivity contribution in [2.75, 3.05) is 19.0 Å². The van der Waals surface area contributed by atoms with Crippen LogP contribution in [0.3, 0.4) is 0 Å². The Hall–Kier alpha value is -1.80. The van der Waals surface area contributed by atoms with Crippen molar-refractivity contribution in [2.24, 2.45) is 10.9 Å². The third-order valence-corrected chi connectivity index (χ3v) is 4.39. The van der Waals surface area contributed by atoms with Gasteiger partial charge in [0, 0.05) is 24.6 Å². The fourth-order valence-electron chi connectivity index (χ4n) is 1.28. The van der Waals surface area contributed by atoms with Crippen LogP contribution in [0.15, 0.2) is 38.7 Å². The van der Waals surface area contributed by atoms with E-state index in [-0.39, 0.29) is 5.84 Å². The van der Waals surface area contributed by atoms with Gasteiger partial charge in [0.1, 0.15) is 0 Å².